The van der Waals surface area contributed by atoms with E-state index in [4.69, 9.17) is 5.73 Å². The minimum atomic E-state index is 0.0651. The van der Waals surface area contributed by atoms with E-state index < -0.39 is 0 Å². The Bertz CT molecular complexity index is 560. The van der Waals surface area contributed by atoms with Gasteiger partial charge < -0.3 is 10.6 Å². The number of carbonyl (C=O) groups excluding carboxylic acids is 1. The number of nitrogens with zero attached hydrogens (tertiary/aromatic N) is 2. The Hall–Kier alpha value is -1.72. The average Bonchev–Trinajstić information content (AvgIpc) is 2.87. The maximum Gasteiger partial charge on any atom is 0.228 e. The number of benzene rings is 1. The van der Waals surface area contributed by atoms with Crippen molar-refractivity contribution in [3.05, 3.63) is 40.9 Å². The van der Waals surface area contributed by atoms with E-state index >= 15 is 0 Å². The van der Waals surface area contributed by atoms with Crippen molar-refractivity contribution in [2.45, 2.75) is 13.0 Å². The molecule has 1 aromatic carbocycles. The Morgan fingerprint density at radius 2 is 2.00 bits per heavy atom. The van der Waals surface area contributed by atoms with Gasteiger partial charge in [0.1, 0.15) is 5.01 Å². The monoisotopic (exact) mass is 275 g/mol. The van der Waals surface area contributed by atoms with Gasteiger partial charge in [-0.3, -0.25) is 4.79 Å². The summed E-state index contributed by atoms with van der Waals surface area (Å²) >= 11 is 1.56. The van der Waals surface area contributed by atoms with Crippen molar-refractivity contribution < 1.29 is 4.79 Å². The average molecular weight is 275 g/mol. The zero-order chi connectivity index (χ0) is 13.8. The van der Waals surface area contributed by atoms with E-state index in [2.05, 4.69) is 4.98 Å². The van der Waals surface area contributed by atoms with Gasteiger partial charge in [-0.1, -0.05) is 24.3 Å². The highest BCUT2D eigenvalue weighted by molar-refractivity contribution is 7.13. The van der Waals surface area contributed by atoms with Crippen LogP contribution in [0.4, 0.5) is 0 Å². The highest BCUT2D eigenvalue weighted by Gasteiger charge is 2.10. The molecule has 0 aliphatic carbocycles. The maximum atomic E-state index is 11.6. The van der Waals surface area contributed by atoms with Gasteiger partial charge in [0.05, 0.1) is 12.1 Å². The molecule has 2 rings (SSSR count). The number of nitrogens with two attached hydrogens (primary N) is 1. The molecule has 1 aromatic heterocycles. The molecule has 0 saturated heterocycles. The Balaban J connectivity index is 2.13. The summed E-state index contributed by atoms with van der Waals surface area (Å²) in [6.07, 6.45) is 0.352. The first-order valence-corrected chi connectivity index (χ1v) is 6.92. The molecule has 4 nitrogen and oxygen atoms in total. The Labute approximate surface area is 116 Å². The molecule has 0 saturated carbocycles. The van der Waals surface area contributed by atoms with Gasteiger partial charge in [-0.05, 0) is 5.56 Å². The molecule has 0 aliphatic rings. The topological polar surface area (TPSA) is 59.2 Å². The number of likely N-dealkylation sites (N-methyl/N-ethyl adjacent to an activating group) is 1. The van der Waals surface area contributed by atoms with E-state index in [9.17, 15) is 4.79 Å². The van der Waals surface area contributed by atoms with E-state index in [-0.39, 0.29) is 5.91 Å². The number of thiazole rings is 1. The second kappa shape index (κ2) is 5.95. The van der Waals surface area contributed by atoms with Crippen LogP contribution in [0.25, 0.3) is 10.6 Å². The first kappa shape index (κ1) is 13.7. The predicted octanol–water partition coefficient (Wildman–Crippen LogP) is 1.90. The molecule has 0 spiro atoms. The Kier molecular flexibility index (Phi) is 4.29. The van der Waals surface area contributed by atoms with E-state index in [0.717, 1.165) is 21.8 Å². The highest BCUT2D eigenvalue weighted by atomic mass is 32.1. The Morgan fingerprint density at radius 3 is 2.58 bits per heavy atom. The summed E-state index contributed by atoms with van der Waals surface area (Å²) in [6, 6.07) is 8.03. The predicted molar refractivity (Wildman–Crippen MR) is 77.8 cm³/mol. The number of hydrogen-bond acceptors (Lipinski definition) is 4. The number of amides is 1. The van der Waals surface area contributed by atoms with Crippen molar-refractivity contribution in [2.24, 2.45) is 5.73 Å². The minimum Gasteiger partial charge on any atom is -0.348 e. The second-order valence-corrected chi connectivity index (χ2v) is 5.37. The van der Waals surface area contributed by atoms with Gasteiger partial charge in [-0.15, -0.1) is 11.3 Å². The fraction of sp³-hybridized carbons (Fsp3) is 0.286. The zero-order valence-electron chi connectivity index (χ0n) is 11.1. The summed E-state index contributed by atoms with van der Waals surface area (Å²) in [5, 5.41) is 2.87. The molecule has 0 aliphatic heterocycles. The summed E-state index contributed by atoms with van der Waals surface area (Å²) in [5.41, 5.74) is 8.55. The van der Waals surface area contributed by atoms with Crippen LogP contribution in [0, 0.1) is 0 Å². The molecule has 0 radical (unpaired) electrons. The van der Waals surface area contributed by atoms with Gasteiger partial charge in [0.2, 0.25) is 5.91 Å². The largest absolute Gasteiger partial charge is 0.348 e. The fourth-order valence-electron chi connectivity index (χ4n) is 1.62. The molecule has 19 heavy (non-hydrogen) atoms. The fourth-order valence-corrected chi connectivity index (χ4v) is 2.44. The van der Waals surface area contributed by atoms with Crippen molar-refractivity contribution in [1.29, 1.82) is 0 Å². The van der Waals surface area contributed by atoms with E-state index in [1.165, 1.54) is 0 Å². The first-order chi connectivity index (χ1) is 9.10. The van der Waals surface area contributed by atoms with Gasteiger partial charge in [0.25, 0.3) is 0 Å². The van der Waals surface area contributed by atoms with Crippen molar-refractivity contribution in [2.75, 3.05) is 14.1 Å². The number of hydrogen-bond donors (Lipinski definition) is 1. The molecule has 0 atom stereocenters. The van der Waals surface area contributed by atoms with Crippen molar-refractivity contribution >= 4 is 17.2 Å². The van der Waals surface area contributed by atoms with Crippen LogP contribution in [-0.2, 0) is 17.8 Å². The maximum absolute atomic E-state index is 11.6. The van der Waals surface area contributed by atoms with Crippen LogP contribution >= 0.6 is 11.3 Å². The zero-order valence-corrected chi connectivity index (χ0v) is 11.9. The standard InChI is InChI=1S/C14H17N3OS/c1-17(2)13(18)7-12-9-19-14(16-12)11-5-3-10(8-15)4-6-11/h3-6,9H,7-8,15H2,1-2H3. The van der Waals surface area contributed by atoms with Gasteiger partial charge in [0, 0.05) is 31.6 Å². The third-order valence-electron chi connectivity index (χ3n) is 2.82. The van der Waals surface area contributed by atoms with Gasteiger partial charge in [0.15, 0.2) is 0 Å². The number of aromatic nitrogens is 1. The van der Waals surface area contributed by atoms with Crippen LogP contribution in [0.15, 0.2) is 29.6 Å². The summed E-state index contributed by atoms with van der Waals surface area (Å²) in [5.74, 6) is 0.0651. The second-order valence-electron chi connectivity index (χ2n) is 4.51. The lowest BCUT2D eigenvalue weighted by molar-refractivity contribution is -0.128. The molecule has 2 N–H and O–H groups in total. The van der Waals surface area contributed by atoms with E-state index in [1.807, 2.05) is 29.6 Å². The summed E-state index contributed by atoms with van der Waals surface area (Å²) in [6.45, 7) is 0.542. The molecule has 2 aromatic rings. The van der Waals surface area contributed by atoms with Crippen LogP contribution in [0.2, 0.25) is 0 Å². The third kappa shape index (κ3) is 3.39. The third-order valence-corrected chi connectivity index (χ3v) is 3.76. The summed E-state index contributed by atoms with van der Waals surface area (Å²) < 4.78 is 0. The van der Waals surface area contributed by atoms with E-state index in [1.54, 1.807) is 30.3 Å². The van der Waals surface area contributed by atoms with Gasteiger partial charge in [-0.2, -0.15) is 0 Å². The molecule has 0 fully saturated rings. The highest BCUT2D eigenvalue weighted by Crippen LogP contribution is 2.24. The Morgan fingerprint density at radius 1 is 1.32 bits per heavy atom. The number of carbonyl (C=O) groups is 1. The van der Waals surface area contributed by atoms with Crippen molar-refractivity contribution in [3.8, 4) is 10.6 Å². The minimum absolute atomic E-state index is 0.0651. The summed E-state index contributed by atoms with van der Waals surface area (Å²) in [7, 11) is 3.50. The molecule has 1 amide bonds. The lowest BCUT2D eigenvalue weighted by Gasteiger charge is -2.07. The van der Waals surface area contributed by atoms with Crippen molar-refractivity contribution in [1.82, 2.24) is 9.88 Å². The van der Waals surface area contributed by atoms with Gasteiger partial charge >= 0.3 is 0 Å². The molecular formula is C14H17N3OS. The lowest BCUT2D eigenvalue weighted by Crippen LogP contribution is -2.23. The van der Waals surface area contributed by atoms with Crippen LogP contribution in [-0.4, -0.2) is 29.9 Å². The van der Waals surface area contributed by atoms with Crippen LogP contribution in [0.1, 0.15) is 11.3 Å². The van der Waals surface area contributed by atoms with E-state index in [0.29, 0.717) is 13.0 Å². The molecule has 100 valence electrons. The van der Waals surface area contributed by atoms with Crippen LogP contribution in [0.5, 0.6) is 0 Å². The quantitative estimate of drug-likeness (QED) is 0.927. The molecule has 5 heteroatoms. The van der Waals surface area contributed by atoms with Crippen LogP contribution in [0.3, 0.4) is 0 Å². The molecule has 1 heterocycles. The first-order valence-electron chi connectivity index (χ1n) is 6.04. The molecular weight excluding hydrogens is 258 g/mol. The SMILES string of the molecule is CN(C)C(=O)Cc1csc(-c2ccc(CN)cc2)n1. The lowest BCUT2D eigenvalue weighted by atomic mass is 10.1. The number of rotatable bonds is 4. The normalized spacial score (nSPS) is 10.5. The summed E-state index contributed by atoms with van der Waals surface area (Å²) in [4.78, 5) is 17.7. The van der Waals surface area contributed by atoms with Gasteiger partial charge in [-0.25, -0.2) is 4.98 Å². The molecule has 0 unspecified atom stereocenters. The van der Waals surface area contributed by atoms with Crippen molar-refractivity contribution in [3.63, 3.8) is 0 Å². The molecule has 0 bridgehead atoms. The smallest absolute Gasteiger partial charge is 0.228 e. The van der Waals surface area contributed by atoms with Crippen LogP contribution < -0.4 is 5.73 Å².